The molecule has 6 heteroatoms. The van der Waals surface area contributed by atoms with E-state index in [1.165, 1.54) is 12.1 Å². The predicted molar refractivity (Wildman–Crippen MR) is 68.2 cm³/mol. The van der Waals surface area contributed by atoms with Crippen LogP contribution in [0.4, 0.5) is 0 Å². The molecule has 19 heavy (non-hydrogen) atoms. The minimum Gasteiger partial charge on any atom is -0.477 e. The predicted octanol–water partition coefficient (Wildman–Crippen LogP) is 1.20. The Hall–Kier alpha value is -2.11. The quantitative estimate of drug-likeness (QED) is 0.831. The molecular formula is C13H17NO5. The molecule has 104 valence electrons. The maximum Gasteiger partial charge on any atom is 0.341 e. The summed E-state index contributed by atoms with van der Waals surface area (Å²) in [6.45, 7) is 6.47. The summed E-state index contributed by atoms with van der Waals surface area (Å²) in [5.74, 6) is -1.90. The van der Waals surface area contributed by atoms with Crippen LogP contribution in [-0.2, 0) is 16.1 Å². The maximum absolute atomic E-state index is 11.9. The van der Waals surface area contributed by atoms with Gasteiger partial charge < -0.3 is 14.4 Å². The highest BCUT2D eigenvalue weighted by Crippen LogP contribution is 2.08. The van der Waals surface area contributed by atoms with Crippen molar-refractivity contribution in [3.63, 3.8) is 0 Å². The average Bonchev–Trinajstić information content (AvgIpc) is 2.21. The second kappa shape index (κ2) is 5.26. The molecule has 0 aromatic carbocycles. The number of rotatable bonds is 3. The van der Waals surface area contributed by atoms with Gasteiger partial charge >= 0.3 is 11.9 Å². The molecule has 1 rings (SSSR count). The molecule has 6 nitrogen and oxygen atoms in total. The smallest absolute Gasteiger partial charge is 0.341 e. The van der Waals surface area contributed by atoms with Crippen LogP contribution in [0, 0.1) is 6.92 Å². The minimum absolute atomic E-state index is 0.303. The van der Waals surface area contributed by atoms with Crippen molar-refractivity contribution < 1.29 is 19.4 Å². The standard InChI is InChI=1S/C13H17NO5/c1-8-5-6-9(12(17)18)11(16)14(8)7-10(15)19-13(2,3)4/h5-6H,7H2,1-4H3,(H,17,18). The van der Waals surface area contributed by atoms with Crippen LogP contribution in [0.25, 0.3) is 0 Å². The van der Waals surface area contributed by atoms with Gasteiger partial charge in [-0.1, -0.05) is 0 Å². The molecular weight excluding hydrogens is 250 g/mol. The Labute approximate surface area is 110 Å². The lowest BCUT2D eigenvalue weighted by Gasteiger charge is -2.20. The molecule has 0 spiro atoms. The Balaban J connectivity index is 3.08. The van der Waals surface area contributed by atoms with Crippen LogP contribution in [0.3, 0.4) is 0 Å². The lowest BCUT2D eigenvalue weighted by Crippen LogP contribution is -2.33. The van der Waals surface area contributed by atoms with Crippen molar-refractivity contribution in [3.8, 4) is 0 Å². The van der Waals surface area contributed by atoms with Crippen LogP contribution < -0.4 is 5.56 Å². The van der Waals surface area contributed by atoms with Gasteiger partial charge in [0.15, 0.2) is 0 Å². The summed E-state index contributed by atoms with van der Waals surface area (Å²) in [5.41, 5.74) is -1.23. The Bertz CT molecular complexity index is 565. The largest absolute Gasteiger partial charge is 0.477 e. The van der Waals surface area contributed by atoms with E-state index in [2.05, 4.69) is 0 Å². The number of hydrogen-bond donors (Lipinski definition) is 1. The number of carboxylic acids is 1. The minimum atomic E-state index is -1.32. The Kier molecular flexibility index (Phi) is 4.14. The average molecular weight is 267 g/mol. The highest BCUT2D eigenvalue weighted by atomic mass is 16.6. The first-order chi connectivity index (χ1) is 8.61. The van der Waals surface area contributed by atoms with Gasteiger partial charge in [-0.2, -0.15) is 0 Å². The van der Waals surface area contributed by atoms with Crippen molar-refractivity contribution in [2.75, 3.05) is 0 Å². The lowest BCUT2D eigenvalue weighted by molar-refractivity contribution is -0.155. The molecule has 0 aliphatic carbocycles. The number of aromatic nitrogens is 1. The molecule has 0 unspecified atom stereocenters. The summed E-state index contributed by atoms with van der Waals surface area (Å²) < 4.78 is 6.20. The molecule has 1 heterocycles. The van der Waals surface area contributed by atoms with E-state index in [1.807, 2.05) is 0 Å². The van der Waals surface area contributed by atoms with Gasteiger partial charge in [-0.25, -0.2) is 4.79 Å². The van der Waals surface area contributed by atoms with E-state index in [0.717, 1.165) is 4.57 Å². The molecule has 0 saturated carbocycles. The first-order valence-corrected chi connectivity index (χ1v) is 5.77. The third-order valence-corrected chi connectivity index (χ3v) is 2.33. The highest BCUT2D eigenvalue weighted by Gasteiger charge is 2.19. The van der Waals surface area contributed by atoms with Crippen molar-refractivity contribution >= 4 is 11.9 Å². The zero-order chi connectivity index (χ0) is 14.8. The summed E-state index contributed by atoms with van der Waals surface area (Å²) >= 11 is 0. The number of carboxylic acid groups (broad SMARTS) is 1. The molecule has 0 amide bonds. The number of aryl methyl sites for hydroxylation is 1. The topological polar surface area (TPSA) is 85.6 Å². The number of hydrogen-bond acceptors (Lipinski definition) is 4. The van der Waals surface area contributed by atoms with E-state index in [1.54, 1.807) is 27.7 Å². The fourth-order valence-corrected chi connectivity index (χ4v) is 1.53. The van der Waals surface area contributed by atoms with Gasteiger partial charge in [0.1, 0.15) is 17.7 Å². The zero-order valence-electron chi connectivity index (χ0n) is 11.4. The van der Waals surface area contributed by atoms with Crippen LogP contribution in [0.2, 0.25) is 0 Å². The number of carbonyl (C=O) groups excluding carboxylic acids is 1. The Morgan fingerprint density at radius 2 is 1.89 bits per heavy atom. The maximum atomic E-state index is 11.9. The molecule has 0 bridgehead atoms. The van der Waals surface area contributed by atoms with Gasteiger partial charge in [0.05, 0.1) is 0 Å². The Morgan fingerprint density at radius 3 is 2.37 bits per heavy atom. The fraction of sp³-hybridized carbons (Fsp3) is 0.462. The third kappa shape index (κ3) is 3.94. The second-order valence-electron chi connectivity index (χ2n) is 5.17. The van der Waals surface area contributed by atoms with E-state index < -0.39 is 23.1 Å². The number of carbonyl (C=O) groups is 2. The highest BCUT2D eigenvalue weighted by molar-refractivity contribution is 5.87. The van der Waals surface area contributed by atoms with Gasteiger partial charge in [0.2, 0.25) is 0 Å². The normalized spacial score (nSPS) is 11.2. The first kappa shape index (κ1) is 14.9. The SMILES string of the molecule is Cc1ccc(C(=O)O)c(=O)n1CC(=O)OC(C)(C)C. The first-order valence-electron chi connectivity index (χ1n) is 5.77. The molecule has 0 radical (unpaired) electrons. The van der Waals surface area contributed by atoms with Crippen LogP contribution in [0.1, 0.15) is 36.8 Å². The molecule has 0 fully saturated rings. The molecule has 0 atom stereocenters. The summed E-state index contributed by atoms with van der Waals surface area (Å²) in [6.07, 6.45) is 0. The van der Waals surface area contributed by atoms with Crippen LogP contribution in [0.15, 0.2) is 16.9 Å². The molecule has 1 aromatic heterocycles. The third-order valence-electron chi connectivity index (χ3n) is 2.33. The van der Waals surface area contributed by atoms with E-state index in [-0.39, 0.29) is 12.1 Å². The van der Waals surface area contributed by atoms with Crippen molar-refractivity contribution in [1.82, 2.24) is 4.57 Å². The summed E-state index contributed by atoms with van der Waals surface area (Å²) in [4.78, 5) is 34.5. The van der Waals surface area contributed by atoms with E-state index in [0.29, 0.717) is 5.69 Å². The molecule has 0 aliphatic rings. The van der Waals surface area contributed by atoms with Crippen LogP contribution >= 0.6 is 0 Å². The van der Waals surface area contributed by atoms with Crippen molar-refractivity contribution in [1.29, 1.82) is 0 Å². The number of pyridine rings is 1. The van der Waals surface area contributed by atoms with Gasteiger partial charge in [0, 0.05) is 5.69 Å². The molecule has 0 saturated heterocycles. The van der Waals surface area contributed by atoms with Gasteiger partial charge in [-0.05, 0) is 39.8 Å². The molecule has 1 N–H and O–H groups in total. The number of esters is 1. The van der Waals surface area contributed by atoms with Gasteiger partial charge in [-0.15, -0.1) is 0 Å². The Morgan fingerprint density at radius 1 is 1.32 bits per heavy atom. The summed E-state index contributed by atoms with van der Waals surface area (Å²) in [7, 11) is 0. The fourth-order valence-electron chi connectivity index (χ4n) is 1.53. The van der Waals surface area contributed by atoms with Crippen LogP contribution in [-0.4, -0.2) is 27.2 Å². The van der Waals surface area contributed by atoms with E-state index >= 15 is 0 Å². The number of ether oxygens (including phenoxy) is 1. The van der Waals surface area contributed by atoms with Crippen molar-refractivity contribution in [3.05, 3.63) is 33.7 Å². The lowest BCUT2D eigenvalue weighted by atomic mass is 10.2. The van der Waals surface area contributed by atoms with Crippen LogP contribution in [0.5, 0.6) is 0 Å². The van der Waals surface area contributed by atoms with Crippen molar-refractivity contribution in [2.24, 2.45) is 0 Å². The van der Waals surface area contributed by atoms with Crippen molar-refractivity contribution in [2.45, 2.75) is 39.8 Å². The molecule has 0 aliphatic heterocycles. The van der Waals surface area contributed by atoms with E-state index in [4.69, 9.17) is 9.84 Å². The zero-order valence-corrected chi connectivity index (χ0v) is 11.4. The number of aromatic carboxylic acids is 1. The molecule has 1 aromatic rings. The summed E-state index contributed by atoms with van der Waals surface area (Å²) in [5, 5.41) is 8.87. The monoisotopic (exact) mass is 267 g/mol. The summed E-state index contributed by atoms with van der Waals surface area (Å²) in [6, 6.07) is 2.71. The van der Waals surface area contributed by atoms with Gasteiger partial charge in [-0.3, -0.25) is 9.59 Å². The number of nitrogens with zero attached hydrogens (tertiary/aromatic N) is 1. The van der Waals surface area contributed by atoms with E-state index in [9.17, 15) is 14.4 Å². The van der Waals surface area contributed by atoms with Gasteiger partial charge in [0.25, 0.3) is 5.56 Å². The second-order valence-corrected chi connectivity index (χ2v) is 5.17.